The van der Waals surface area contributed by atoms with E-state index in [2.05, 4.69) is 6.92 Å². The normalized spacial score (nSPS) is 11.1. The molecule has 0 N–H and O–H groups in total. The van der Waals surface area contributed by atoms with E-state index in [0.717, 1.165) is 25.7 Å². The number of hydrogen-bond donors (Lipinski definition) is 0. The van der Waals surface area contributed by atoms with Crippen molar-refractivity contribution in [1.29, 1.82) is 0 Å². The van der Waals surface area contributed by atoms with Crippen LogP contribution in [-0.2, 0) is 9.59 Å². The Bertz CT molecular complexity index is 317. The summed E-state index contributed by atoms with van der Waals surface area (Å²) >= 11 is 0. The molecular weight excluding hydrogens is 430 g/mol. The maximum atomic E-state index is 11.3. The molecule has 0 rings (SSSR count). The third-order valence-corrected chi connectivity index (χ3v) is 4.70. The van der Waals surface area contributed by atoms with Crippen molar-refractivity contribution in [3.05, 3.63) is 0 Å². The summed E-state index contributed by atoms with van der Waals surface area (Å²) in [6, 6.07) is 0. The number of carbonyl (C=O) groups is 2. The van der Waals surface area contributed by atoms with Crippen molar-refractivity contribution in [2.75, 3.05) is 0 Å². The van der Waals surface area contributed by atoms with E-state index in [4.69, 9.17) is 0 Å². The Morgan fingerprint density at radius 3 is 1.33 bits per heavy atom. The van der Waals surface area contributed by atoms with E-state index in [0.29, 0.717) is 12.8 Å². The Kier molecular flexibility index (Phi) is 18.9. The summed E-state index contributed by atoms with van der Waals surface area (Å²) in [5.41, 5.74) is -1.80. The van der Waals surface area contributed by atoms with E-state index in [9.17, 15) is 19.8 Å². The van der Waals surface area contributed by atoms with Crippen molar-refractivity contribution in [3.8, 4) is 0 Å². The molecule has 0 aliphatic heterocycles. The van der Waals surface area contributed by atoms with Gasteiger partial charge in [0.1, 0.15) is 0 Å². The van der Waals surface area contributed by atoms with Crippen LogP contribution >= 0.6 is 0 Å². The quantitative estimate of drug-likeness (QED) is 0.200. The minimum atomic E-state index is -1.80. The maximum Gasteiger partial charge on any atom is 2.00 e. The van der Waals surface area contributed by atoms with Gasteiger partial charge < -0.3 is 19.8 Å². The number of carbonyl (C=O) groups excluding carboxylic acids is 2. The fraction of sp³-hybridized carbons (Fsp3) is 0.895. The summed E-state index contributed by atoms with van der Waals surface area (Å²) in [5.74, 6) is -2.97. The summed E-state index contributed by atoms with van der Waals surface area (Å²) in [6.45, 7) is 4.12. The SMILES string of the molecule is CCCCCCCCCCCCC(CCCC)(C(=O)[O-])C(=O)[O-].[Ba+2]. The molecule has 0 radical (unpaired) electrons. The molecule has 0 heterocycles. The largest absolute Gasteiger partial charge is 2.00 e. The van der Waals surface area contributed by atoms with Gasteiger partial charge in [0.2, 0.25) is 0 Å². The molecular formula is C19H34BaO4. The zero-order chi connectivity index (χ0) is 17.6. The van der Waals surface area contributed by atoms with E-state index in [-0.39, 0.29) is 61.7 Å². The van der Waals surface area contributed by atoms with Crippen molar-refractivity contribution in [1.82, 2.24) is 0 Å². The van der Waals surface area contributed by atoms with Gasteiger partial charge >= 0.3 is 48.9 Å². The number of unbranched alkanes of at least 4 members (excludes halogenated alkanes) is 10. The topological polar surface area (TPSA) is 80.3 Å². The van der Waals surface area contributed by atoms with Crippen LogP contribution in [0.3, 0.4) is 0 Å². The molecule has 0 bridgehead atoms. The number of carboxylic acids is 2. The second-order valence-electron chi connectivity index (χ2n) is 6.69. The fourth-order valence-electron chi connectivity index (χ4n) is 3.01. The molecule has 24 heavy (non-hydrogen) atoms. The first-order chi connectivity index (χ1) is 11.0. The van der Waals surface area contributed by atoms with E-state index in [1.807, 2.05) is 6.92 Å². The second-order valence-corrected chi connectivity index (χ2v) is 6.69. The van der Waals surface area contributed by atoms with Crippen molar-refractivity contribution in [3.63, 3.8) is 0 Å². The van der Waals surface area contributed by atoms with Gasteiger partial charge in [-0.25, -0.2) is 0 Å². The summed E-state index contributed by atoms with van der Waals surface area (Å²) in [5, 5.41) is 22.7. The van der Waals surface area contributed by atoms with Gasteiger partial charge in [0, 0.05) is 5.41 Å². The molecule has 0 saturated heterocycles. The average molecular weight is 464 g/mol. The van der Waals surface area contributed by atoms with Crippen molar-refractivity contribution in [2.24, 2.45) is 5.41 Å². The van der Waals surface area contributed by atoms with Crippen LogP contribution in [0.4, 0.5) is 0 Å². The van der Waals surface area contributed by atoms with Crippen LogP contribution in [0.25, 0.3) is 0 Å². The Morgan fingerprint density at radius 2 is 0.958 bits per heavy atom. The number of rotatable bonds is 16. The minimum Gasteiger partial charge on any atom is -0.549 e. The third kappa shape index (κ3) is 11.2. The number of hydrogen-bond acceptors (Lipinski definition) is 4. The summed E-state index contributed by atoms with van der Waals surface area (Å²) in [4.78, 5) is 22.7. The monoisotopic (exact) mass is 464 g/mol. The molecule has 0 aliphatic carbocycles. The molecule has 0 aliphatic rings. The summed E-state index contributed by atoms with van der Waals surface area (Å²) < 4.78 is 0. The zero-order valence-electron chi connectivity index (χ0n) is 15.7. The molecule has 0 aromatic carbocycles. The third-order valence-electron chi connectivity index (χ3n) is 4.70. The molecule has 0 spiro atoms. The Hall–Kier alpha value is 0.511. The van der Waals surface area contributed by atoms with E-state index in [1.54, 1.807) is 0 Å². The van der Waals surface area contributed by atoms with Gasteiger partial charge in [0.15, 0.2) is 0 Å². The molecule has 0 fully saturated rings. The fourth-order valence-corrected chi connectivity index (χ4v) is 3.01. The van der Waals surface area contributed by atoms with Gasteiger partial charge in [-0.3, -0.25) is 0 Å². The van der Waals surface area contributed by atoms with Gasteiger partial charge in [0.25, 0.3) is 0 Å². The summed E-state index contributed by atoms with van der Waals surface area (Å²) in [6.07, 6.45) is 12.9. The predicted molar refractivity (Wildman–Crippen MR) is 94.2 cm³/mol. The van der Waals surface area contributed by atoms with Crippen molar-refractivity contribution >= 4 is 60.8 Å². The van der Waals surface area contributed by atoms with Crippen LogP contribution in [-0.4, -0.2) is 60.8 Å². The molecule has 0 amide bonds. The van der Waals surface area contributed by atoms with Crippen LogP contribution in [0.15, 0.2) is 0 Å². The second kappa shape index (κ2) is 17.0. The van der Waals surface area contributed by atoms with Crippen LogP contribution in [0.2, 0.25) is 0 Å². The Balaban J connectivity index is 0. The van der Waals surface area contributed by atoms with Gasteiger partial charge in [-0.1, -0.05) is 90.9 Å². The first-order valence-electron chi connectivity index (χ1n) is 9.44. The van der Waals surface area contributed by atoms with Crippen LogP contribution in [0.5, 0.6) is 0 Å². The van der Waals surface area contributed by atoms with Crippen molar-refractivity contribution < 1.29 is 19.8 Å². The average Bonchev–Trinajstić information content (AvgIpc) is 2.51. The maximum absolute atomic E-state index is 11.3. The molecule has 136 valence electrons. The van der Waals surface area contributed by atoms with Gasteiger partial charge in [-0.15, -0.1) is 0 Å². The molecule has 0 unspecified atom stereocenters. The predicted octanol–water partition coefficient (Wildman–Crippen LogP) is 2.59. The zero-order valence-corrected chi connectivity index (χ0v) is 20.2. The molecule has 0 saturated carbocycles. The molecule has 0 atom stereocenters. The Morgan fingerprint density at radius 1 is 0.625 bits per heavy atom. The van der Waals surface area contributed by atoms with Crippen molar-refractivity contribution in [2.45, 2.75) is 104 Å². The smallest absolute Gasteiger partial charge is 0.549 e. The molecule has 4 nitrogen and oxygen atoms in total. The molecule has 0 aromatic heterocycles. The standard InChI is InChI=1S/C19H36O4.Ba/c1-3-5-7-8-9-10-11-12-13-14-16-19(17(20)21,18(22)23)15-6-4-2;/h3-16H2,1-2H3,(H,20,21)(H,22,23);/q;+2/p-2. The number of carboxylic acid groups (broad SMARTS) is 2. The van der Waals surface area contributed by atoms with Crippen LogP contribution < -0.4 is 10.2 Å². The van der Waals surface area contributed by atoms with Gasteiger partial charge in [0.05, 0.1) is 11.9 Å². The van der Waals surface area contributed by atoms with E-state index < -0.39 is 17.4 Å². The molecule has 5 heteroatoms. The number of aliphatic carboxylic acids is 2. The Labute approximate surface area is 188 Å². The summed E-state index contributed by atoms with van der Waals surface area (Å²) in [7, 11) is 0. The first kappa shape index (κ1) is 26.7. The van der Waals surface area contributed by atoms with E-state index in [1.165, 1.54) is 38.5 Å². The van der Waals surface area contributed by atoms with Gasteiger partial charge in [-0.2, -0.15) is 0 Å². The molecule has 0 aromatic rings. The van der Waals surface area contributed by atoms with Crippen LogP contribution in [0, 0.1) is 5.41 Å². The first-order valence-corrected chi connectivity index (χ1v) is 9.44. The minimum absolute atomic E-state index is 0. The van der Waals surface area contributed by atoms with Gasteiger partial charge in [-0.05, 0) is 12.8 Å². The van der Waals surface area contributed by atoms with E-state index >= 15 is 0 Å². The van der Waals surface area contributed by atoms with Crippen LogP contribution in [0.1, 0.15) is 104 Å².